The van der Waals surface area contributed by atoms with Gasteiger partial charge in [0.2, 0.25) is 5.91 Å². The van der Waals surface area contributed by atoms with Crippen molar-refractivity contribution in [2.45, 2.75) is 50.6 Å². The summed E-state index contributed by atoms with van der Waals surface area (Å²) in [6, 6.07) is 0.679. The van der Waals surface area contributed by atoms with E-state index in [9.17, 15) is 4.79 Å². The Balaban J connectivity index is 1.71. The fraction of sp³-hybridized carbons (Fsp3) is 0.818. The number of amides is 1. The number of guanidine groups is 1. The van der Waals surface area contributed by atoms with Crippen LogP contribution in [0.3, 0.4) is 0 Å². The molecule has 0 radical (unpaired) electrons. The molecular weight excluding hydrogens is 204 g/mol. The first-order chi connectivity index (χ1) is 7.74. The van der Waals surface area contributed by atoms with Crippen molar-refractivity contribution in [2.75, 3.05) is 6.54 Å². The molecular formula is C11H20N4O. The SMILES string of the molecule is NC(=NCC1CCC(=O)N1)NC1CCCC1. The maximum absolute atomic E-state index is 11.0. The Kier molecular flexibility index (Phi) is 3.64. The molecule has 1 unspecified atom stereocenters. The van der Waals surface area contributed by atoms with Crippen molar-refractivity contribution < 1.29 is 4.79 Å². The second kappa shape index (κ2) is 5.18. The van der Waals surface area contributed by atoms with Crippen LogP contribution in [0.15, 0.2) is 4.99 Å². The fourth-order valence-corrected chi connectivity index (χ4v) is 2.35. The van der Waals surface area contributed by atoms with Crippen LogP contribution in [-0.2, 0) is 4.79 Å². The van der Waals surface area contributed by atoms with Gasteiger partial charge in [0.15, 0.2) is 5.96 Å². The van der Waals surface area contributed by atoms with E-state index in [0.717, 1.165) is 6.42 Å². The van der Waals surface area contributed by atoms with Crippen molar-refractivity contribution in [2.24, 2.45) is 10.7 Å². The van der Waals surface area contributed by atoms with Gasteiger partial charge in [-0.2, -0.15) is 0 Å². The molecule has 0 aromatic rings. The molecule has 0 aromatic carbocycles. The molecule has 1 heterocycles. The van der Waals surface area contributed by atoms with E-state index >= 15 is 0 Å². The van der Waals surface area contributed by atoms with Crippen LogP contribution in [0, 0.1) is 0 Å². The third kappa shape index (κ3) is 3.12. The van der Waals surface area contributed by atoms with Gasteiger partial charge in [0.05, 0.1) is 6.54 Å². The van der Waals surface area contributed by atoms with E-state index in [1.54, 1.807) is 0 Å². The summed E-state index contributed by atoms with van der Waals surface area (Å²) in [7, 11) is 0. The van der Waals surface area contributed by atoms with E-state index in [0.29, 0.717) is 25.0 Å². The van der Waals surface area contributed by atoms with Gasteiger partial charge in [0.1, 0.15) is 0 Å². The number of rotatable bonds is 3. The zero-order valence-electron chi connectivity index (χ0n) is 9.54. The quantitative estimate of drug-likeness (QED) is 0.470. The molecule has 1 aliphatic heterocycles. The van der Waals surface area contributed by atoms with Gasteiger partial charge in [-0.05, 0) is 19.3 Å². The summed E-state index contributed by atoms with van der Waals surface area (Å²) < 4.78 is 0. The number of aliphatic imine (C=N–C) groups is 1. The first-order valence-corrected chi connectivity index (χ1v) is 6.10. The monoisotopic (exact) mass is 224 g/mol. The normalized spacial score (nSPS) is 27.1. The smallest absolute Gasteiger partial charge is 0.220 e. The maximum atomic E-state index is 11.0. The highest BCUT2D eigenvalue weighted by Crippen LogP contribution is 2.17. The van der Waals surface area contributed by atoms with Crippen molar-refractivity contribution in [3.63, 3.8) is 0 Å². The van der Waals surface area contributed by atoms with E-state index in [-0.39, 0.29) is 11.9 Å². The van der Waals surface area contributed by atoms with Crippen LogP contribution >= 0.6 is 0 Å². The summed E-state index contributed by atoms with van der Waals surface area (Å²) >= 11 is 0. The minimum absolute atomic E-state index is 0.127. The van der Waals surface area contributed by atoms with Crippen LogP contribution in [0.5, 0.6) is 0 Å². The minimum Gasteiger partial charge on any atom is -0.370 e. The molecule has 5 heteroatoms. The molecule has 1 atom stereocenters. The molecule has 0 bridgehead atoms. The van der Waals surface area contributed by atoms with Crippen molar-refractivity contribution in [1.29, 1.82) is 0 Å². The van der Waals surface area contributed by atoms with Gasteiger partial charge in [-0.1, -0.05) is 12.8 Å². The number of nitrogens with two attached hydrogens (primary N) is 1. The predicted molar refractivity (Wildman–Crippen MR) is 63.0 cm³/mol. The minimum atomic E-state index is 0.127. The molecule has 1 amide bonds. The zero-order valence-corrected chi connectivity index (χ0v) is 9.54. The van der Waals surface area contributed by atoms with Gasteiger partial charge >= 0.3 is 0 Å². The third-order valence-electron chi connectivity index (χ3n) is 3.27. The molecule has 0 spiro atoms. The Bertz CT molecular complexity index is 284. The zero-order chi connectivity index (χ0) is 11.4. The number of nitrogens with one attached hydrogen (secondary N) is 2. The molecule has 16 heavy (non-hydrogen) atoms. The standard InChI is InChI=1S/C11H20N4O/c12-11(15-8-3-1-2-4-8)13-7-9-5-6-10(16)14-9/h8-9H,1-7H2,(H,14,16)(H3,12,13,15). The second-order valence-corrected chi connectivity index (χ2v) is 4.65. The lowest BCUT2D eigenvalue weighted by Crippen LogP contribution is -2.39. The molecule has 1 saturated carbocycles. The number of carbonyl (C=O) groups excluding carboxylic acids is 1. The van der Waals surface area contributed by atoms with Crippen LogP contribution in [0.25, 0.3) is 0 Å². The van der Waals surface area contributed by atoms with E-state index in [1.165, 1.54) is 25.7 Å². The summed E-state index contributed by atoms with van der Waals surface area (Å²) in [6.45, 7) is 0.595. The first kappa shape index (κ1) is 11.2. The average molecular weight is 224 g/mol. The highest BCUT2D eigenvalue weighted by atomic mass is 16.1. The molecule has 5 nitrogen and oxygen atoms in total. The fourth-order valence-electron chi connectivity index (χ4n) is 2.35. The average Bonchev–Trinajstić information content (AvgIpc) is 2.87. The summed E-state index contributed by atoms with van der Waals surface area (Å²) in [5.74, 6) is 0.649. The van der Waals surface area contributed by atoms with Crippen molar-refractivity contribution in [3.8, 4) is 0 Å². The molecule has 1 saturated heterocycles. The van der Waals surface area contributed by atoms with Crippen molar-refractivity contribution in [3.05, 3.63) is 0 Å². The lowest BCUT2D eigenvalue weighted by molar-refractivity contribution is -0.119. The van der Waals surface area contributed by atoms with Gasteiger partial charge in [0.25, 0.3) is 0 Å². The molecule has 2 fully saturated rings. The van der Waals surface area contributed by atoms with Crippen LogP contribution in [0.4, 0.5) is 0 Å². The lowest BCUT2D eigenvalue weighted by atomic mass is 10.2. The Hall–Kier alpha value is -1.26. The summed E-state index contributed by atoms with van der Waals surface area (Å²) in [6.07, 6.45) is 6.44. The molecule has 4 N–H and O–H groups in total. The topological polar surface area (TPSA) is 79.5 Å². The lowest BCUT2D eigenvalue weighted by Gasteiger charge is -2.13. The first-order valence-electron chi connectivity index (χ1n) is 6.10. The third-order valence-corrected chi connectivity index (χ3v) is 3.27. The Labute approximate surface area is 95.9 Å². The maximum Gasteiger partial charge on any atom is 0.220 e. The summed E-state index contributed by atoms with van der Waals surface area (Å²) in [4.78, 5) is 15.2. The van der Waals surface area contributed by atoms with Crippen LogP contribution in [0.2, 0.25) is 0 Å². The highest BCUT2D eigenvalue weighted by Gasteiger charge is 2.20. The van der Waals surface area contributed by atoms with E-state index < -0.39 is 0 Å². The van der Waals surface area contributed by atoms with E-state index in [1.807, 2.05) is 0 Å². The van der Waals surface area contributed by atoms with Gasteiger partial charge < -0.3 is 16.4 Å². The van der Waals surface area contributed by atoms with Crippen LogP contribution in [-0.4, -0.2) is 30.5 Å². The van der Waals surface area contributed by atoms with Crippen LogP contribution in [0.1, 0.15) is 38.5 Å². The van der Waals surface area contributed by atoms with Gasteiger partial charge in [-0.25, -0.2) is 0 Å². The second-order valence-electron chi connectivity index (χ2n) is 4.65. The number of nitrogens with zero attached hydrogens (tertiary/aromatic N) is 1. The molecule has 1 aliphatic carbocycles. The molecule has 2 rings (SSSR count). The molecule has 0 aromatic heterocycles. The summed E-state index contributed by atoms with van der Waals surface area (Å²) in [5.41, 5.74) is 5.79. The van der Waals surface area contributed by atoms with Crippen molar-refractivity contribution in [1.82, 2.24) is 10.6 Å². The number of carbonyl (C=O) groups is 1. The Morgan fingerprint density at radius 1 is 1.44 bits per heavy atom. The van der Waals surface area contributed by atoms with E-state index in [4.69, 9.17) is 5.73 Å². The summed E-state index contributed by atoms with van der Waals surface area (Å²) in [5, 5.41) is 6.10. The largest absolute Gasteiger partial charge is 0.370 e. The van der Waals surface area contributed by atoms with Crippen LogP contribution < -0.4 is 16.4 Å². The molecule has 90 valence electrons. The highest BCUT2D eigenvalue weighted by molar-refractivity contribution is 5.79. The van der Waals surface area contributed by atoms with Crippen molar-refractivity contribution >= 4 is 11.9 Å². The number of hydrogen-bond donors (Lipinski definition) is 3. The molecule has 2 aliphatic rings. The Morgan fingerprint density at radius 2 is 2.19 bits per heavy atom. The predicted octanol–water partition coefficient (Wildman–Crippen LogP) is 0.112. The number of hydrogen-bond acceptors (Lipinski definition) is 2. The van der Waals surface area contributed by atoms with E-state index in [2.05, 4.69) is 15.6 Å². The Morgan fingerprint density at radius 3 is 2.81 bits per heavy atom. The van der Waals surface area contributed by atoms with Gasteiger partial charge in [0, 0.05) is 18.5 Å². The van der Waals surface area contributed by atoms with Gasteiger partial charge in [-0.15, -0.1) is 0 Å². The van der Waals surface area contributed by atoms with Gasteiger partial charge in [-0.3, -0.25) is 9.79 Å².